The van der Waals surface area contributed by atoms with Crippen LogP contribution in [0, 0.1) is 17.0 Å². The van der Waals surface area contributed by atoms with Gasteiger partial charge in [-0.3, -0.25) is 9.36 Å². The lowest BCUT2D eigenvalue weighted by Crippen LogP contribution is -2.56. The van der Waals surface area contributed by atoms with Crippen LogP contribution in [0.15, 0.2) is 6.07 Å². The highest BCUT2D eigenvalue weighted by Crippen LogP contribution is 2.48. The first-order valence-electron chi connectivity index (χ1n) is 12.4. The second-order valence-electron chi connectivity index (χ2n) is 10.4. The minimum atomic E-state index is -0.631. The molecule has 1 saturated heterocycles. The van der Waals surface area contributed by atoms with Crippen molar-refractivity contribution < 1.29 is 32.5 Å². The third-order valence-corrected chi connectivity index (χ3v) is 7.32. The first-order valence-corrected chi connectivity index (χ1v) is 12.4. The summed E-state index contributed by atoms with van der Waals surface area (Å²) in [7, 11) is 1.62. The molecular formula is C25H33F2N3O5. The lowest BCUT2D eigenvalue weighted by atomic mass is 9.65. The molecule has 192 valence electrons. The van der Waals surface area contributed by atoms with E-state index in [1.54, 1.807) is 7.05 Å². The van der Waals surface area contributed by atoms with Gasteiger partial charge in [0.15, 0.2) is 17.4 Å². The zero-order valence-electron chi connectivity index (χ0n) is 20.4. The molecule has 0 radical (unpaired) electrons. The molecule has 1 spiro atoms. The third-order valence-electron chi connectivity index (χ3n) is 7.32. The van der Waals surface area contributed by atoms with Gasteiger partial charge in [-0.1, -0.05) is 0 Å². The summed E-state index contributed by atoms with van der Waals surface area (Å²) in [4.78, 5) is 15.4. The van der Waals surface area contributed by atoms with E-state index in [-0.39, 0.29) is 58.5 Å². The molecule has 2 heterocycles. The first-order chi connectivity index (χ1) is 16.7. The van der Waals surface area contributed by atoms with Crippen molar-refractivity contribution >= 4 is 16.9 Å². The van der Waals surface area contributed by atoms with E-state index < -0.39 is 11.6 Å². The number of fused-ring (bicyclic) bond motifs is 1. The maximum absolute atomic E-state index is 15.3. The average Bonchev–Trinajstić information content (AvgIpc) is 3.08. The van der Waals surface area contributed by atoms with Gasteiger partial charge in [-0.2, -0.15) is 4.98 Å². The molecular weight excluding hydrogens is 460 g/mol. The van der Waals surface area contributed by atoms with Crippen molar-refractivity contribution in [3.05, 3.63) is 17.7 Å². The minimum absolute atomic E-state index is 0.0417. The highest BCUT2D eigenvalue weighted by atomic mass is 19.1. The molecule has 2 aliphatic carbocycles. The number of halogens is 2. The predicted molar refractivity (Wildman–Crippen MR) is 123 cm³/mol. The molecule has 1 amide bonds. The standard InChI is InChI=1S/C25H33F2N3O5/c1-14(28-15(2)31)11-33-16-4-6-17(7-5-16)35-24-29-22-19(26)8-20(21(27)23(22)30(24)3)34-18-9-25(10-18)12-32-13-25/h8,14,16-18H,4-7,9-13H2,1-3H3,(H,28,31)/t14-,16?,17?/m0/s1. The van der Waals surface area contributed by atoms with Gasteiger partial charge in [-0.25, -0.2) is 8.78 Å². The van der Waals surface area contributed by atoms with E-state index in [1.165, 1.54) is 11.5 Å². The monoisotopic (exact) mass is 493 g/mol. The molecule has 8 nitrogen and oxygen atoms in total. The number of aryl methyl sites for hydroxylation is 1. The van der Waals surface area contributed by atoms with E-state index in [9.17, 15) is 9.18 Å². The Kier molecular flexibility index (Phi) is 6.61. The Balaban J connectivity index is 1.19. The quantitative estimate of drug-likeness (QED) is 0.605. The van der Waals surface area contributed by atoms with Crippen molar-refractivity contribution in [2.75, 3.05) is 19.8 Å². The second kappa shape index (κ2) is 9.54. The summed E-state index contributed by atoms with van der Waals surface area (Å²) in [6.07, 6.45) is 4.53. The van der Waals surface area contributed by atoms with Crippen LogP contribution in [0.4, 0.5) is 8.78 Å². The molecule has 1 aliphatic heterocycles. The molecule has 1 aromatic carbocycles. The SMILES string of the molecule is CC(=O)N[C@@H](C)COC1CCC(Oc2nc3c(F)cc(OC4CC5(COC5)C4)c(F)c3n2C)CC1. The summed E-state index contributed by atoms with van der Waals surface area (Å²) in [5.74, 6) is -1.42. The number of ether oxygens (including phenoxy) is 4. The normalized spacial score (nSPS) is 24.6. The van der Waals surface area contributed by atoms with Crippen LogP contribution in [0.1, 0.15) is 52.4 Å². The van der Waals surface area contributed by atoms with Crippen LogP contribution in [-0.2, 0) is 21.3 Å². The summed E-state index contributed by atoms with van der Waals surface area (Å²) in [5.41, 5.74) is 0.152. The predicted octanol–water partition coefficient (Wildman–Crippen LogP) is 3.64. The fraction of sp³-hybridized carbons (Fsp3) is 0.680. The van der Waals surface area contributed by atoms with Gasteiger partial charge in [0, 0.05) is 31.5 Å². The van der Waals surface area contributed by atoms with Gasteiger partial charge in [0.2, 0.25) is 5.91 Å². The number of carbonyl (C=O) groups is 1. The summed E-state index contributed by atoms with van der Waals surface area (Å²) in [6.45, 7) is 5.28. The van der Waals surface area contributed by atoms with Crippen LogP contribution in [-0.4, -0.2) is 59.6 Å². The third kappa shape index (κ3) is 4.95. The van der Waals surface area contributed by atoms with Gasteiger partial charge in [0.05, 0.1) is 25.9 Å². The molecule has 5 rings (SSSR count). The second-order valence-corrected chi connectivity index (χ2v) is 10.4. The van der Waals surface area contributed by atoms with Gasteiger partial charge in [-0.05, 0) is 45.4 Å². The van der Waals surface area contributed by atoms with E-state index in [0.29, 0.717) is 6.61 Å². The number of rotatable bonds is 8. The summed E-state index contributed by atoms with van der Waals surface area (Å²) in [6, 6.07) is 1.23. The van der Waals surface area contributed by atoms with Gasteiger partial charge >= 0.3 is 0 Å². The fourth-order valence-corrected chi connectivity index (χ4v) is 5.38. The molecule has 1 atom stereocenters. The van der Waals surface area contributed by atoms with E-state index in [2.05, 4.69) is 10.3 Å². The van der Waals surface area contributed by atoms with E-state index in [4.69, 9.17) is 18.9 Å². The van der Waals surface area contributed by atoms with Crippen molar-refractivity contribution in [2.45, 2.75) is 76.7 Å². The maximum Gasteiger partial charge on any atom is 0.297 e. The Bertz CT molecular complexity index is 1090. The Morgan fingerprint density at radius 1 is 1.20 bits per heavy atom. The van der Waals surface area contributed by atoms with Crippen LogP contribution < -0.4 is 14.8 Å². The average molecular weight is 494 g/mol. The number of nitrogens with zero attached hydrogens (tertiary/aromatic N) is 2. The molecule has 35 heavy (non-hydrogen) atoms. The van der Waals surface area contributed by atoms with Crippen molar-refractivity contribution in [1.29, 1.82) is 0 Å². The first kappa shape index (κ1) is 24.2. The fourth-order valence-electron chi connectivity index (χ4n) is 5.38. The van der Waals surface area contributed by atoms with Crippen LogP contribution in [0.5, 0.6) is 11.8 Å². The van der Waals surface area contributed by atoms with Crippen molar-refractivity contribution in [2.24, 2.45) is 12.5 Å². The van der Waals surface area contributed by atoms with Gasteiger partial charge in [0.1, 0.15) is 23.2 Å². The largest absolute Gasteiger partial charge is 0.487 e. The molecule has 0 bridgehead atoms. The molecule has 2 saturated carbocycles. The topological polar surface area (TPSA) is 83.8 Å². The number of hydrogen-bond acceptors (Lipinski definition) is 6. The number of hydrogen-bond donors (Lipinski definition) is 1. The molecule has 3 aliphatic rings. The summed E-state index contributed by atoms with van der Waals surface area (Å²) < 4.78 is 54.7. The Labute approximate surface area is 203 Å². The number of benzene rings is 1. The molecule has 2 aromatic rings. The molecule has 1 aromatic heterocycles. The van der Waals surface area contributed by atoms with Gasteiger partial charge in [0.25, 0.3) is 6.01 Å². The van der Waals surface area contributed by atoms with E-state index in [0.717, 1.165) is 57.8 Å². The van der Waals surface area contributed by atoms with Gasteiger partial charge in [-0.15, -0.1) is 0 Å². The van der Waals surface area contributed by atoms with Crippen LogP contribution in [0.25, 0.3) is 11.0 Å². The zero-order valence-corrected chi connectivity index (χ0v) is 20.4. The van der Waals surface area contributed by atoms with Crippen LogP contribution in [0.2, 0.25) is 0 Å². The highest BCUT2D eigenvalue weighted by Gasteiger charge is 2.51. The smallest absolute Gasteiger partial charge is 0.297 e. The Hall–Kier alpha value is -2.46. The number of carbonyl (C=O) groups excluding carboxylic acids is 1. The molecule has 1 N–H and O–H groups in total. The Morgan fingerprint density at radius 2 is 1.89 bits per heavy atom. The summed E-state index contributed by atoms with van der Waals surface area (Å²) in [5, 5.41) is 2.81. The van der Waals surface area contributed by atoms with Crippen molar-refractivity contribution in [1.82, 2.24) is 14.9 Å². The van der Waals surface area contributed by atoms with Crippen molar-refractivity contribution in [3.63, 3.8) is 0 Å². The van der Waals surface area contributed by atoms with Crippen LogP contribution in [0.3, 0.4) is 0 Å². The maximum atomic E-state index is 15.3. The van der Waals surface area contributed by atoms with Crippen LogP contribution >= 0.6 is 0 Å². The zero-order chi connectivity index (χ0) is 24.7. The Morgan fingerprint density at radius 3 is 2.51 bits per heavy atom. The number of aromatic nitrogens is 2. The number of imidazole rings is 1. The number of amides is 1. The minimum Gasteiger partial charge on any atom is -0.487 e. The van der Waals surface area contributed by atoms with E-state index >= 15 is 4.39 Å². The number of nitrogens with one attached hydrogen (secondary N) is 1. The van der Waals surface area contributed by atoms with Gasteiger partial charge < -0.3 is 24.3 Å². The lowest BCUT2D eigenvalue weighted by Gasteiger charge is -2.52. The molecule has 10 heteroatoms. The van der Waals surface area contributed by atoms with Crippen molar-refractivity contribution in [3.8, 4) is 11.8 Å². The lowest BCUT2D eigenvalue weighted by molar-refractivity contribution is -0.191. The molecule has 0 unspecified atom stereocenters. The summed E-state index contributed by atoms with van der Waals surface area (Å²) >= 11 is 0. The molecule has 3 fully saturated rings. The highest BCUT2D eigenvalue weighted by molar-refractivity contribution is 5.80. The van der Waals surface area contributed by atoms with E-state index in [1.807, 2.05) is 6.92 Å².